The predicted molar refractivity (Wildman–Crippen MR) is 113 cm³/mol. The maximum Gasteiger partial charge on any atom is 0.414 e. The zero-order valence-electron chi connectivity index (χ0n) is 16.7. The summed E-state index contributed by atoms with van der Waals surface area (Å²) in [4.78, 5) is 33.4. The first-order valence-corrected chi connectivity index (χ1v) is 10.4. The minimum absolute atomic E-state index is 0.0902. The first-order chi connectivity index (χ1) is 14.4. The van der Waals surface area contributed by atoms with E-state index >= 15 is 0 Å². The van der Waals surface area contributed by atoms with Crippen LogP contribution in [0.25, 0.3) is 0 Å². The zero-order chi connectivity index (χ0) is 22.0. The summed E-state index contributed by atoms with van der Waals surface area (Å²) in [7, 11) is 0. The van der Waals surface area contributed by atoms with E-state index in [1.165, 1.54) is 4.90 Å². The number of carboxylic acid groups (broad SMARTS) is 2. The number of benzene rings is 2. The molecule has 3 N–H and O–H groups in total. The number of carboxylic acids is 2. The van der Waals surface area contributed by atoms with Crippen LogP contribution in [0.2, 0.25) is 0 Å². The topological polar surface area (TPSA) is 113 Å². The molecule has 1 heterocycles. The Balaban J connectivity index is 0.000000469. The van der Waals surface area contributed by atoms with Crippen molar-refractivity contribution in [3.05, 3.63) is 60.2 Å². The monoisotopic (exact) mass is 431 g/mol. The molecule has 8 heteroatoms. The normalized spacial score (nSPS) is 14.7. The van der Waals surface area contributed by atoms with Gasteiger partial charge in [0.25, 0.3) is 0 Å². The maximum atomic E-state index is 12.9. The number of hydrogen-bond donors (Lipinski definition) is 3. The summed E-state index contributed by atoms with van der Waals surface area (Å²) >= 11 is 1.71. The van der Waals surface area contributed by atoms with Gasteiger partial charge in [0, 0.05) is 9.79 Å². The van der Waals surface area contributed by atoms with Gasteiger partial charge in [-0.3, -0.25) is 4.79 Å². The Kier molecular flexibility index (Phi) is 8.89. The summed E-state index contributed by atoms with van der Waals surface area (Å²) in [5.41, 5.74) is 0.554. The van der Waals surface area contributed by atoms with Crippen LogP contribution in [-0.4, -0.2) is 47.8 Å². The largest absolute Gasteiger partial charge is 0.473 e. The SMILES string of the molecule is CCOC(=O)C1(c2ccccc2Sc2ccccc2)CCNCC1.O=C(O)C(=O)O. The summed E-state index contributed by atoms with van der Waals surface area (Å²) in [6, 6.07) is 18.5. The quantitative estimate of drug-likeness (QED) is 0.489. The van der Waals surface area contributed by atoms with Gasteiger partial charge in [-0.25, -0.2) is 9.59 Å². The molecule has 0 amide bonds. The van der Waals surface area contributed by atoms with Gasteiger partial charge >= 0.3 is 17.9 Å². The van der Waals surface area contributed by atoms with E-state index in [1.807, 2.05) is 37.3 Å². The number of piperidine rings is 1. The number of ether oxygens (including phenoxy) is 1. The van der Waals surface area contributed by atoms with Crippen molar-refractivity contribution in [1.82, 2.24) is 5.32 Å². The number of rotatable bonds is 5. The fourth-order valence-electron chi connectivity index (χ4n) is 3.27. The molecule has 1 aliphatic heterocycles. The standard InChI is InChI=1S/C20H23NO2S.C2H2O4/c1-2-23-19(22)20(12-14-21-15-13-20)17-10-6-7-11-18(17)24-16-8-4-3-5-9-16;3-1(4)2(5)6/h3-11,21H,2,12-15H2,1H3;(H,3,4)(H,5,6). The summed E-state index contributed by atoms with van der Waals surface area (Å²) in [5.74, 6) is -3.74. The van der Waals surface area contributed by atoms with E-state index in [4.69, 9.17) is 24.5 Å². The minimum atomic E-state index is -1.82. The second kappa shape index (κ2) is 11.4. The van der Waals surface area contributed by atoms with Gasteiger partial charge in [0.2, 0.25) is 0 Å². The molecular weight excluding hydrogens is 406 g/mol. The second-order valence-corrected chi connectivity index (χ2v) is 7.69. The molecule has 0 bridgehead atoms. The highest BCUT2D eigenvalue weighted by Gasteiger charge is 2.44. The fraction of sp³-hybridized carbons (Fsp3) is 0.318. The van der Waals surface area contributed by atoms with Crippen molar-refractivity contribution in [2.24, 2.45) is 0 Å². The molecule has 2 aromatic rings. The minimum Gasteiger partial charge on any atom is -0.473 e. The average molecular weight is 432 g/mol. The van der Waals surface area contributed by atoms with E-state index in [2.05, 4.69) is 29.6 Å². The molecule has 3 rings (SSSR count). The second-order valence-electron chi connectivity index (χ2n) is 6.57. The van der Waals surface area contributed by atoms with Crippen molar-refractivity contribution in [3.63, 3.8) is 0 Å². The van der Waals surface area contributed by atoms with Crippen molar-refractivity contribution in [1.29, 1.82) is 0 Å². The molecule has 7 nitrogen and oxygen atoms in total. The van der Waals surface area contributed by atoms with Crippen molar-refractivity contribution < 1.29 is 29.3 Å². The van der Waals surface area contributed by atoms with Crippen LogP contribution in [0.15, 0.2) is 64.4 Å². The van der Waals surface area contributed by atoms with Crippen LogP contribution in [0.4, 0.5) is 0 Å². The highest BCUT2D eigenvalue weighted by atomic mass is 32.2. The predicted octanol–water partition coefficient (Wildman–Crippen LogP) is 3.18. The smallest absolute Gasteiger partial charge is 0.414 e. The molecular formula is C22H25NO6S. The van der Waals surface area contributed by atoms with Crippen LogP contribution in [0, 0.1) is 0 Å². The van der Waals surface area contributed by atoms with Gasteiger partial charge in [0.05, 0.1) is 12.0 Å². The van der Waals surface area contributed by atoms with Crippen LogP contribution in [0.1, 0.15) is 25.3 Å². The molecule has 0 aromatic heterocycles. The Morgan fingerprint density at radius 3 is 2.10 bits per heavy atom. The number of carbonyl (C=O) groups is 3. The summed E-state index contributed by atoms with van der Waals surface area (Å²) in [6.07, 6.45) is 1.55. The van der Waals surface area contributed by atoms with E-state index < -0.39 is 17.4 Å². The molecule has 0 saturated carbocycles. The van der Waals surface area contributed by atoms with Gasteiger partial charge in [-0.15, -0.1) is 0 Å². The molecule has 1 aliphatic rings. The molecule has 0 atom stereocenters. The van der Waals surface area contributed by atoms with Crippen LogP contribution in [-0.2, 0) is 24.5 Å². The number of hydrogen-bond acceptors (Lipinski definition) is 6. The first-order valence-electron chi connectivity index (χ1n) is 9.57. The average Bonchev–Trinajstić information content (AvgIpc) is 2.76. The lowest BCUT2D eigenvalue weighted by molar-refractivity contribution is -0.159. The van der Waals surface area contributed by atoms with E-state index in [-0.39, 0.29) is 5.97 Å². The molecule has 1 saturated heterocycles. The van der Waals surface area contributed by atoms with E-state index in [0.717, 1.165) is 36.4 Å². The Hall–Kier alpha value is -2.84. The third kappa shape index (κ3) is 6.08. The van der Waals surface area contributed by atoms with Crippen LogP contribution >= 0.6 is 11.8 Å². The van der Waals surface area contributed by atoms with Gasteiger partial charge in [0.1, 0.15) is 0 Å². The van der Waals surface area contributed by atoms with Gasteiger partial charge in [-0.2, -0.15) is 0 Å². The Labute approximate surface area is 179 Å². The van der Waals surface area contributed by atoms with Crippen molar-refractivity contribution in [2.75, 3.05) is 19.7 Å². The lowest BCUT2D eigenvalue weighted by atomic mass is 9.73. The van der Waals surface area contributed by atoms with Crippen LogP contribution < -0.4 is 5.32 Å². The number of nitrogens with one attached hydrogen (secondary N) is 1. The van der Waals surface area contributed by atoms with Crippen molar-refractivity contribution in [2.45, 2.75) is 35.0 Å². The van der Waals surface area contributed by atoms with Gasteiger partial charge in [0.15, 0.2) is 0 Å². The first kappa shape index (κ1) is 23.4. The summed E-state index contributed by atoms with van der Waals surface area (Å²) in [5, 5.41) is 18.1. The van der Waals surface area contributed by atoms with Crippen LogP contribution in [0.3, 0.4) is 0 Å². The van der Waals surface area contributed by atoms with Gasteiger partial charge < -0.3 is 20.3 Å². The molecule has 1 fully saturated rings. The summed E-state index contributed by atoms with van der Waals surface area (Å²) < 4.78 is 5.47. The Bertz CT molecular complexity index is 853. The van der Waals surface area contributed by atoms with Gasteiger partial charge in [-0.05, 0) is 56.6 Å². The van der Waals surface area contributed by atoms with E-state index in [9.17, 15) is 4.79 Å². The molecule has 0 spiro atoms. The molecule has 0 unspecified atom stereocenters. The summed E-state index contributed by atoms with van der Waals surface area (Å²) in [6.45, 7) is 3.96. The van der Waals surface area contributed by atoms with Gasteiger partial charge in [-0.1, -0.05) is 48.2 Å². The van der Waals surface area contributed by atoms with Crippen molar-refractivity contribution in [3.8, 4) is 0 Å². The molecule has 30 heavy (non-hydrogen) atoms. The number of esters is 1. The highest BCUT2D eigenvalue weighted by Crippen LogP contribution is 2.42. The Morgan fingerprint density at radius 1 is 0.967 bits per heavy atom. The third-order valence-corrected chi connectivity index (χ3v) is 5.76. The van der Waals surface area contributed by atoms with Crippen LogP contribution in [0.5, 0.6) is 0 Å². The zero-order valence-corrected chi connectivity index (χ0v) is 17.5. The fourth-order valence-corrected chi connectivity index (χ4v) is 4.34. The third-order valence-electron chi connectivity index (χ3n) is 4.68. The highest BCUT2D eigenvalue weighted by molar-refractivity contribution is 7.99. The lowest BCUT2D eigenvalue weighted by Gasteiger charge is -2.36. The number of aliphatic carboxylic acids is 2. The van der Waals surface area contributed by atoms with E-state index in [0.29, 0.717) is 6.61 Å². The lowest BCUT2D eigenvalue weighted by Crippen LogP contribution is -2.46. The maximum absolute atomic E-state index is 12.9. The number of carbonyl (C=O) groups excluding carboxylic acids is 1. The molecule has 160 valence electrons. The Morgan fingerprint density at radius 2 is 1.53 bits per heavy atom. The molecule has 0 radical (unpaired) electrons. The molecule has 0 aliphatic carbocycles. The van der Waals surface area contributed by atoms with E-state index in [1.54, 1.807) is 11.8 Å². The van der Waals surface area contributed by atoms with Crippen molar-refractivity contribution >= 4 is 29.7 Å². The molecule has 2 aromatic carbocycles.